The lowest BCUT2D eigenvalue weighted by molar-refractivity contribution is 0.768. The van der Waals surface area contributed by atoms with E-state index in [1.807, 2.05) is 0 Å². The lowest BCUT2D eigenvalue weighted by atomic mass is 9.68. The van der Waals surface area contributed by atoms with Crippen LogP contribution in [0.25, 0.3) is 66.1 Å². The SMILES string of the molecule is c1ccc(-c2ccccc2-c2c(-c3ccccc3)cccc2N(c2cccc3c2-c2ccccc2C3(c2ccccc2)c2ccccc2)c2cc3ccccc3c3ccccc23)cc1. The van der Waals surface area contributed by atoms with Gasteiger partial charge in [0.25, 0.3) is 0 Å². The lowest BCUT2D eigenvalue weighted by Crippen LogP contribution is -2.28. The van der Waals surface area contributed by atoms with Crippen LogP contribution in [0.15, 0.2) is 261 Å². The van der Waals surface area contributed by atoms with E-state index in [1.54, 1.807) is 0 Å². The van der Waals surface area contributed by atoms with Crippen LogP contribution in [0.1, 0.15) is 22.3 Å². The molecule has 0 spiro atoms. The number of benzene rings is 11. The fourth-order valence-electron chi connectivity index (χ4n) is 10.7. The highest BCUT2D eigenvalue weighted by atomic mass is 15.2. The normalized spacial score (nSPS) is 12.5. The summed E-state index contributed by atoms with van der Waals surface area (Å²) < 4.78 is 0. The topological polar surface area (TPSA) is 3.24 Å². The zero-order chi connectivity index (χ0) is 42.5. The minimum absolute atomic E-state index is 0.559. The Balaban J connectivity index is 1.26. The Kier molecular flexibility index (Phi) is 9.13. The summed E-state index contributed by atoms with van der Waals surface area (Å²) in [6.45, 7) is 0. The molecule has 1 aliphatic carbocycles. The molecule has 12 rings (SSSR count). The first-order valence-electron chi connectivity index (χ1n) is 22.2. The lowest BCUT2D eigenvalue weighted by Gasteiger charge is -2.35. The quantitative estimate of drug-likeness (QED) is 0.138. The molecule has 0 radical (unpaired) electrons. The van der Waals surface area contributed by atoms with Gasteiger partial charge >= 0.3 is 0 Å². The van der Waals surface area contributed by atoms with Crippen molar-refractivity contribution < 1.29 is 0 Å². The van der Waals surface area contributed by atoms with Crippen LogP contribution in [0, 0.1) is 0 Å². The fourth-order valence-corrected chi connectivity index (χ4v) is 10.7. The summed E-state index contributed by atoms with van der Waals surface area (Å²) in [5.41, 5.74) is 17.4. The van der Waals surface area contributed by atoms with Crippen molar-refractivity contribution in [2.24, 2.45) is 0 Å². The van der Waals surface area contributed by atoms with E-state index in [9.17, 15) is 0 Å². The molecule has 0 saturated heterocycles. The van der Waals surface area contributed by atoms with Gasteiger partial charge in [0.05, 0.1) is 22.5 Å². The van der Waals surface area contributed by atoms with Crippen molar-refractivity contribution in [1.29, 1.82) is 0 Å². The maximum atomic E-state index is 2.60. The highest BCUT2D eigenvalue weighted by Crippen LogP contribution is 2.61. The maximum absolute atomic E-state index is 2.60. The fraction of sp³-hybridized carbons (Fsp3) is 0.0159. The largest absolute Gasteiger partial charge is 0.309 e. The Morgan fingerprint density at radius 3 is 1.39 bits per heavy atom. The first-order chi connectivity index (χ1) is 31.8. The highest BCUT2D eigenvalue weighted by Gasteiger charge is 2.47. The molecule has 300 valence electrons. The molecule has 0 amide bonds. The van der Waals surface area contributed by atoms with E-state index in [-0.39, 0.29) is 0 Å². The molecule has 0 N–H and O–H groups in total. The molecular formula is C63H43N. The molecule has 0 aliphatic heterocycles. The maximum Gasteiger partial charge on any atom is 0.0714 e. The summed E-state index contributed by atoms with van der Waals surface area (Å²) in [4.78, 5) is 2.60. The third-order valence-corrected chi connectivity index (χ3v) is 13.3. The molecule has 0 fully saturated rings. The van der Waals surface area contributed by atoms with E-state index < -0.39 is 5.41 Å². The zero-order valence-corrected chi connectivity index (χ0v) is 35.3. The average Bonchev–Trinajstić information content (AvgIpc) is 3.69. The molecule has 64 heavy (non-hydrogen) atoms. The van der Waals surface area contributed by atoms with Crippen LogP contribution < -0.4 is 4.90 Å². The van der Waals surface area contributed by atoms with E-state index >= 15 is 0 Å². The second-order valence-electron chi connectivity index (χ2n) is 16.7. The summed E-state index contributed by atoms with van der Waals surface area (Å²) in [6.07, 6.45) is 0. The van der Waals surface area contributed by atoms with E-state index in [1.165, 1.54) is 88.3 Å². The number of nitrogens with zero attached hydrogens (tertiary/aromatic N) is 1. The molecule has 11 aromatic carbocycles. The van der Waals surface area contributed by atoms with Crippen molar-refractivity contribution in [3.63, 3.8) is 0 Å². The van der Waals surface area contributed by atoms with Gasteiger partial charge in [-0.3, -0.25) is 0 Å². The van der Waals surface area contributed by atoms with Gasteiger partial charge in [-0.25, -0.2) is 0 Å². The molecule has 0 unspecified atom stereocenters. The summed E-state index contributed by atoms with van der Waals surface area (Å²) in [5.74, 6) is 0. The Hall–Kier alpha value is -8.26. The van der Waals surface area contributed by atoms with Crippen LogP contribution in [0.5, 0.6) is 0 Å². The zero-order valence-electron chi connectivity index (χ0n) is 35.3. The summed E-state index contributed by atoms with van der Waals surface area (Å²) in [6, 6.07) is 96.1. The third-order valence-electron chi connectivity index (χ3n) is 13.3. The minimum Gasteiger partial charge on any atom is -0.309 e. The summed E-state index contributed by atoms with van der Waals surface area (Å²) >= 11 is 0. The summed E-state index contributed by atoms with van der Waals surface area (Å²) in [7, 11) is 0. The summed E-state index contributed by atoms with van der Waals surface area (Å²) in [5, 5.41) is 4.85. The van der Waals surface area contributed by atoms with E-state index in [0.717, 1.165) is 17.1 Å². The molecule has 11 aromatic rings. The Labute approximate surface area is 374 Å². The number of anilines is 3. The molecule has 0 aromatic heterocycles. The van der Waals surface area contributed by atoms with Crippen LogP contribution in [0.2, 0.25) is 0 Å². The molecule has 1 aliphatic rings. The number of hydrogen-bond donors (Lipinski definition) is 0. The van der Waals surface area contributed by atoms with Crippen molar-refractivity contribution in [1.82, 2.24) is 0 Å². The first-order valence-corrected chi connectivity index (χ1v) is 22.2. The van der Waals surface area contributed by atoms with Gasteiger partial charge in [0, 0.05) is 16.5 Å². The minimum atomic E-state index is -0.559. The Bertz CT molecular complexity index is 3440. The van der Waals surface area contributed by atoms with E-state index in [4.69, 9.17) is 0 Å². The third kappa shape index (κ3) is 5.86. The van der Waals surface area contributed by atoms with Crippen LogP contribution in [0.3, 0.4) is 0 Å². The molecule has 0 bridgehead atoms. The second-order valence-corrected chi connectivity index (χ2v) is 16.7. The van der Waals surface area contributed by atoms with E-state index in [2.05, 4.69) is 266 Å². The smallest absolute Gasteiger partial charge is 0.0714 e. The van der Waals surface area contributed by atoms with Crippen molar-refractivity contribution in [3.05, 3.63) is 283 Å². The average molecular weight is 814 g/mol. The van der Waals surface area contributed by atoms with E-state index in [0.29, 0.717) is 0 Å². The number of rotatable bonds is 8. The standard InChI is InChI=1S/C63H43N/c1-5-23-44(24-6-1)49-32-15-18-36-54(49)61-51(45-25-7-2-8-26-45)38-21-41-58(61)64(60-43-46-27-13-14-33-50(46)52-34-16-17-35-53(52)60)59-42-22-40-57-62(59)55-37-19-20-39-56(55)63(57,47-28-9-3-10-29-47)48-30-11-4-12-31-48/h1-43H. The number of fused-ring (bicyclic) bond motifs is 6. The van der Waals surface area contributed by atoms with Gasteiger partial charge in [0.15, 0.2) is 0 Å². The van der Waals surface area contributed by atoms with Crippen LogP contribution in [-0.2, 0) is 5.41 Å². The predicted octanol–water partition coefficient (Wildman–Crippen LogP) is 16.8. The molecule has 1 nitrogen and oxygen atoms in total. The Morgan fingerprint density at radius 2 is 0.719 bits per heavy atom. The van der Waals surface area contributed by atoms with Gasteiger partial charge in [0.1, 0.15) is 0 Å². The Morgan fingerprint density at radius 1 is 0.266 bits per heavy atom. The van der Waals surface area contributed by atoms with Crippen LogP contribution >= 0.6 is 0 Å². The van der Waals surface area contributed by atoms with Crippen molar-refractivity contribution in [2.75, 3.05) is 4.90 Å². The molecule has 0 atom stereocenters. The molecular weight excluding hydrogens is 771 g/mol. The van der Waals surface area contributed by atoms with Gasteiger partial charge in [-0.05, 0) is 90.0 Å². The van der Waals surface area contributed by atoms with Crippen molar-refractivity contribution in [2.45, 2.75) is 5.41 Å². The molecule has 0 saturated carbocycles. The van der Waals surface area contributed by atoms with Gasteiger partial charge < -0.3 is 4.90 Å². The van der Waals surface area contributed by atoms with Gasteiger partial charge in [-0.2, -0.15) is 0 Å². The van der Waals surface area contributed by atoms with Crippen LogP contribution in [-0.4, -0.2) is 0 Å². The van der Waals surface area contributed by atoms with Gasteiger partial charge in [-0.1, -0.05) is 243 Å². The van der Waals surface area contributed by atoms with Gasteiger partial charge in [-0.15, -0.1) is 0 Å². The molecule has 1 heteroatoms. The van der Waals surface area contributed by atoms with Crippen molar-refractivity contribution >= 4 is 38.6 Å². The number of hydrogen-bond acceptors (Lipinski definition) is 1. The highest BCUT2D eigenvalue weighted by molar-refractivity contribution is 6.16. The van der Waals surface area contributed by atoms with Crippen molar-refractivity contribution in [3.8, 4) is 44.5 Å². The predicted molar refractivity (Wildman–Crippen MR) is 270 cm³/mol. The molecule has 0 heterocycles. The monoisotopic (exact) mass is 813 g/mol. The first kappa shape index (κ1) is 37.5. The second kappa shape index (κ2) is 15.6. The van der Waals surface area contributed by atoms with Gasteiger partial charge in [0.2, 0.25) is 0 Å². The van der Waals surface area contributed by atoms with Crippen LogP contribution in [0.4, 0.5) is 17.1 Å².